The Labute approximate surface area is 112 Å². The first-order valence-corrected chi connectivity index (χ1v) is 6.56. The van der Waals surface area contributed by atoms with E-state index in [9.17, 15) is 4.39 Å². The average Bonchev–Trinajstić information content (AvgIpc) is 2.36. The number of ether oxygens (including phenoxy) is 1. The van der Waals surface area contributed by atoms with Crippen molar-refractivity contribution in [2.45, 2.75) is 24.9 Å². The molecule has 4 heteroatoms. The lowest BCUT2D eigenvalue weighted by Crippen LogP contribution is -2.35. The highest BCUT2D eigenvalue weighted by Crippen LogP contribution is 2.34. The lowest BCUT2D eigenvalue weighted by atomic mass is 9.79. The molecule has 1 unspecified atom stereocenters. The maximum absolute atomic E-state index is 13.9. The molecule has 0 aromatic heterocycles. The number of methoxy groups -OCH3 is 1. The van der Waals surface area contributed by atoms with Gasteiger partial charge in [0.25, 0.3) is 0 Å². The first-order chi connectivity index (χ1) is 8.09. The van der Waals surface area contributed by atoms with Crippen molar-refractivity contribution < 1.29 is 9.13 Å². The van der Waals surface area contributed by atoms with Crippen LogP contribution in [0, 0.1) is 5.82 Å². The Hall–Kier alpha value is -0.310. The Morgan fingerprint density at radius 3 is 2.35 bits per heavy atom. The predicted octanol–water partition coefficient (Wildman–Crippen LogP) is 3.97. The van der Waals surface area contributed by atoms with Gasteiger partial charge in [-0.3, -0.25) is 0 Å². The maximum Gasteiger partial charge on any atom is 0.127 e. The van der Waals surface area contributed by atoms with E-state index >= 15 is 0 Å². The smallest absolute Gasteiger partial charge is 0.127 e. The number of hydrogen-bond acceptors (Lipinski definition) is 1. The fourth-order valence-electron chi connectivity index (χ4n) is 1.92. The summed E-state index contributed by atoms with van der Waals surface area (Å²) in [6.07, 6.45) is 0.573. The number of alkyl halides is 2. The Balaban J connectivity index is 3.11. The molecule has 0 heterocycles. The third kappa shape index (κ3) is 3.34. The molecule has 0 amide bonds. The van der Waals surface area contributed by atoms with E-state index in [-0.39, 0.29) is 23.7 Å². The van der Waals surface area contributed by atoms with Crippen LogP contribution in [-0.2, 0) is 10.2 Å². The van der Waals surface area contributed by atoms with E-state index in [1.165, 1.54) is 6.07 Å². The second kappa shape index (κ2) is 6.58. The third-order valence-electron chi connectivity index (χ3n) is 3.04. The standard InChI is InChI=1S/C13H17Cl2FO/c1-10(17-2)7-13(8-14,9-15)11-5-3-4-6-12(11)16/h3-6,10H,7-9H2,1-2H3. The van der Waals surface area contributed by atoms with E-state index in [1.54, 1.807) is 25.3 Å². The van der Waals surface area contributed by atoms with Crippen molar-refractivity contribution in [3.05, 3.63) is 35.6 Å². The minimum Gasteiger partial charge on any atom is -0.382 e. The van der Waals surface area contributed by atoms with Gasteiger partial charge in [0, 0.05) is 24.3 Å². The van der Waals surface area contributed by atoms with Gasteiger partial charge < -0.3 is 4.74 Å². The highest BCUT2D eigenvalue weighted by molar-refractivity contribution is 6.22. The van der Waals surface area contributed by atoms with Gasteiger partial charge in [0.1, 0.15) is 5.82 Å². The van der Waals surface area contributed by atoms with Crippen LogP contribution < -0.4 is 0 Å². The molecule has 1 aromatic carbocycles. The molecule has 17 heavy (non-hydrogen) atoms. The zero-order valence-electron chi connectivity index (χ0n) is 10.1. The van der Waals surface area contributed by atoms with E-state index < -0.39 is 5.41 Å². The molecule has 0 aliphatic rings. The van der Waals surface area contributed by atoms with E-state index in [1.807, 2.05) is 6.92 Å². The van der Waals surface area contributed by atoms with Crippen molar-refractivity contribution in [1.82, 2.24) is 0 Å². The van der Waals surface area contributed by atoms with Crippen LogP contribution in [0.3, 0.4) is 0 Å². The molecular formula is C13H17Cl2FO. The Bertz CT molecular complexity index is 353. The molecule has 0 radical (unpaired) electrons. The molecule has 1 nitrogen and oxygen atoms in total. The summed E-state index contributed by atoms with van der Waals surface area (Å²) in [6, 6.07) is 6.62. The van der Waals surface area contributed by atoms with Gasteiger partial charge in [-0.2, -0.15) is 0 Å². The minimum absolute atomic E-state index is 0.0212. The van der Waals surface area contributed by atoms with E-state index in [2.05, 4.69) is 0 Å². The fourth-order valence-corrected chi connectivity index (χ4v) is 2.72. The van der Waals surface area contributed by atoms with Crippen molar-refractivity contribution in [3.63, 3.8) is 0 Å². The minimum atomic E-state index is -0.579. The number of hydrogen-bond donors (Lipinski definition) is 0. The van der Waals surface area contributed by atoms with Crippen molar-refractivity contribution in [3.8, 4) is 0 Å². The van der Waals surface area contributed by atoms with Crippen LogP contribution in [0.25, 0.3) is 0 Å². The molecular weight excluding hydrogens is 262 g/mol. The molecule has 1 rings (SSSR count). The molecule has 0 spiro atoms. The second-order valence-electron chi connectivity index (χ2n) is 4.28. The van der Waals surface area contributed by atoms with Gasteiger partial charge in [0.2, 0.25) is 0 Å². The van der Waals surface area contributed by atoms with E-state index in [0.717, 1.165) is 0 Å². The van der Waals surface area contributed by atoms with Crippen LogP contribution in [0.2, 0.25) is 0 Å². The summed E-state index contributed by atoms with van der Waals surface area (Å²) in [6.45, 7) is 1.93. The van der Waals surface area contributed by atoms with Crippen molar-refractivity contribution in [2.75, 3.05) is 18.9 Å². The normalized spacial score (nSPS) is 13.7. The van der Waals surface area contributed by atoms with Crippen LogP contribution in [0.5, 0.6) is 0 Å². The molecule has 0 N–H and O–H groups in total. The Kier molecular flexibility index (Phi) is 5.71. The average molecular weight is 279 g/mol. The van der Waals surface area contributed by atoms with Gasteiger partial charge >= 0.3 is 0 Å². The Morgan fingerprint density at radius 2 is 1.88 bits per heavy atom. The second-order valence-corrected chi connectivity index (χ2v) is 4.81. The quantitative estimate of drug-likeness (QED) is 0.716. The molecule has 0 fully saturated rings. The summed E-state index contributed by atoms with van der Waals surface area (Å²) in [5.41, 5.74) is -0.0157. The number of halogens is 3. The summed E-state index contributed by atoms with van der Waals surface area (Å²) in [7, 11) is 1.62. The van der Waals surface area contributed by atoms with Crippen LogP contribution in [-0.4, -0.2) is 25.0 Å². The summed E-state index contributed by atoms with van der Waals surface area (Å²) < 4.78 is 19.1. The predicted molar refractivity (Wildman–Crippen MR) is 70.6 cm³/mol. The summed E-state index contributed by atoms with van der Waals surface area (Å²) >= 11 is 12.1. The third-order valence-corrected chi connectivity index (χ3v) is 4.06. The number of benzene rings is 1. The molecule has 0 aliphatic heterocycles. The number of rotatable bonds is 6. The van der Waals surface area contributed by atoms with Crippen LogP contribution in [0.15, 0.2) is 24.3 Å². The molecule has 0 saturated heterocycles. The largest absolute Gasteiger partial charge is 0.382 e. The van der Waals surface area contributed by atoms with E-state index in [4.69, 9.17) is 27.9 Å². The first-order valence-electron chi connectivity index (χ1n) is 5.49. The summed E-state index contributed by atoms with van der Waals surface area (Å²) in [4.78, 5) is 0. The van der Waals surface area contributed by atoms with Gasteiger partial charge in [-0.25, -0.2) is 4.39 Å². The zero-order chi connectivity index (χ0) is 12.9. The topological polar surface area (TPSA) is 9.23 Å². The molecule has 0 bridgehead atoms. The van der Waals surface area contributed by atoms with Crippen molar-refractivity contribution >= 4 is 23.2 Å². The zero-order valence-corrected chi connectivity index (χ0v) is 11.6. The SMILES string of the molecule is COC(C)CC(CCl)(CCl)c1ccccc1F. The summed E-state index contributed by atoms with van der Waals surface area (Å²) in [5.74, 6) is 0.271. The Morgan fingerprint density at radius 1 is 1.29 bits per heavy atom. The lowest BCUT2D eigenvalue weighted by Gasteiger charge is -2.32. The first kappa shape index (κ1) is 14.7. The van der Waals surface area contributed by atoms with Crippen LogP contribution in [0.1, 0.15) is 18.9 Å². The fraction of sp³-hybridized carbons (Fsp3) is 0.538. The molecule has 0 aliphatic carbocycles. The van der Waals surface area contributed by atoms with Crippen LogP contribution in [0.4, 0.5) is 4.39 Å². The molecule has 0 saturated carbocycles. The molecule has 1 atom stereocenters. The van der Waals surface area contributed by atoms with Gasteiger partial charge in [0.05, 0.1) is 6.10 Å². The maximum atomic E-state index is 13.9. The van der Waals surface area contributed by atoms with Crippen molar-refractivity contribution in [1.29, 1.82) is 0 Å². The van der Waals surface area contributed by atoms with Crippen molar-refractivity contribution in [2.24, 2.45) is 0 Å². The molecule has 1 aromatic rings. The lowest BCUT2D eigenvalue weighted by molar-refractivity contribution is 0.0932. The van der Waals surface area contributed by atoms with Gasteiger partial charge in [-0.1, -0.05) is 18.2 Å². The van der Waals surface area contributed by atoms with Gasteiger partial charge in [-0.05, 0) is 25.0 Å². The molecule has 96 valence electrons. The monoisotopic (exact) mass is 278 g/mol. The highest BCUT2D eigenvalue weighted by Gasteiger charge is 2.34. The summed E-state index contributed by atoms with van der Waals surface area (Å²) in [5, 5.41) is 0. The highest BCUT2D eigenvalue weighted by atomic mass is 35.5. The van der Waals surface area contributed by atoms with Gasteiger partial charge in [0.15, 0.2) is 0 Å². The van der Waals surface area contributed by atoms with Crippen LogP contribution >= 0.6 is 23.2 Å². The van der Waals surface area contributed by atoms with E-state index in [0.29, 0.717) is 12.0 Å². The van der Waals surface area contributed by atoms with Gasteiger partial charge in [-0.15, -0.1) is 23.2 Å².